The van der Waals surface area contributed by atoms with Crippen LogP contribution in [0.1, 0.15) is 33.9 Å². The monoisotopic (exact) mass is 510 g/mol. The van der Waals surface area contributed by atoms with Crippen LogP contribution in [0.4, 0.5) is 16.2 Å². The summed E-state index contributed by atoms with van der Waals surface area (Å²) in [5, 5.41) is 7.54. The molecule has 3 heterocycles. The van der Waals surface area contributed by atoms with Gasteiger partial charge in [0, 0.05) is 43.0 Å². The number of pyridine rings is 1. The van der Waals surface area contributed by atoms with Gasteiger partial charge in [-0.15, -0.1) is 0 Å². The molecule has 194 valence electrons. The van der Waals surface area contributed by atoms with E-state index in [1.165, 1.54) is 0 Å². The third-order valence-electron chi connectivity index (χ3n) is 6.94. The van der Waals surface area contributed by atoms with Crippen molar-refractivity contribution in [2.24, 2.45) is 0 Å². The minimum Gasteiger partial charge on any atom is -0.449 e. The van der Waals surface area contributed by atoms with Gasteiger partial charge in [0.25, 0.3) is 5.56 Å². The second-order valence-electron chi connectivity index (χ2n) is 9.73. The first-order valence-corrected chi connectivity index (χ1v) is 12.5. The van der Waals surface area contributed by atoms with Crippen molar-refractivity contribution in [2.75, 3.05) is 24.3 Å². The first-order valence-electron chi connectivity index (χ1n) is 12.5. The van der Waals surface area contributed by atoms with Crippen molar-refractivity contribution < 1.29 is 14.3 Å². The number of amides is 2. The van der Waals surface area contributed by atoms with Crippen LogP contribution in [0.5, 0.6) is 0 Å². The Balaban J connectivity index is 1.57. The number of fused-ring (bicyclic) bond motifs is 10. The molecule has 8 nitrogen and oxygen atoms in total. The molecule has 2 amide bonds. The lowest BCUT2D eigenvalue weighted by atomic mass is 9.93. The van der Waals surface area contributed by atoms with Crippen LogP contribution >= 0.6 is 0 Å². The molecule has 2 aliphatic heterocycles. The van der Waals surface area contributed by atoms with Crippen molar-refractivity contribution in [3.63, 3.8) is 0 Å². The lowest BCUT2D eigenvalue weighted by molar-refractivity contribution is -0.131. The van der Waals surface area contributed by atoms with Crippen LogP contribution in [-0.4, -0.2) is 35.5 Å². The highest BCUT2D eigenvalue weighted by Crippen LogP contribution is 2.28. The Morgan fingerprint density at radius 1 is 0.974 bits per heavy atom. The molecule has 3 N–H and O–H groups in total. The SMILES string of the molecule is Cc1cc2cc(C)c1CCOC(=O)Nc1cccc(c1)CN(C)C(=O)C2Nc1ccc2cc[nH]c(=O)c2c1. The minimum atomic E-state index is -0.682. The van der Waals surface area contributed by atoms with E-state index >= 15 is 0 Å². The fraction of sp³-hybridized carbons (Fsp3) is 0.233. The van der Waals surface area contributed by atoms with Gasteiger partial charge in [0.15, 0.2) is 0 Å². The zero-order valence-electron chi connectivity index (χ0n) is 21.6. The largest absolute Gasteiger partial charge is 0.449 e. The highest BCUT2D eigenvalue weighted by atomic mass is 16.5. The zero-order chi connectivity index (χ0) is 26.8. The number of benzene rings is 3. The first kappa shape index (κ1) is 25.1. The summed E-state index contributed by atoms with van der Waals surface area (Å²) in [7, 11) is 1.76. The highest BCUT2D eigenvalue weighted by Gasteiger charge is 2.26. The van der Waals surface area contributed by atoms with Crippen molar-refractivity contribution in [3.05, 3.63) is 105 Å². The molecule has 4 aromatic rings. The number of carbonyl (C=O) groups is 2. The van der Waals surface area contributed by atoms with Crippen LogP contribution in [0.2, 0.25) is 0 Å². The van der Waals surface area contributed by atoms with Gasteiger partial charge < -0.3 is 19.9 Å². The fourth-order valence-corrected chi connectivity index (χ4v) is 5.03. The molecule has 1 atom stereocenters. The Bertz CT molecular complexity index is 1570. The van der Waals surface area contributed by atoms with Crippen molar-refractivity contribution in [2.45, 2.75) is 32.9 Å². The number of aryl methyl sites for hydroxylation is 2. The standard InChI is InChI=1S/C30H30N4O4/c1-18-13-22-14-19(2)25(18)10-12-38-30(37)33-23-6-4-5-20(15-23)17-34(3)29(36)27(22)32-24-8-7-21-9-11-31-28(35)26(21)16-24/h4-9,11,13-16,27,32H,10,12,17H2,1-3H3,(H,31,35)(H,33,37). The van der Waals surface area contributed by atoms with E-state index in [0.29, 0.717) is 29.7 Å². The Labute approximate surface area is 220 Å². The van der Waals surface area contributed by atoms with Crippen LogP contribution in [-0.2, 0) is 22.5 Å². The maximum Gasteiger partial charge on any atom is 0.411 e. The summed E-state index contributed by atoms with van der Waals surface area (Å²) in [6.07, 6.45) is 1.67. The Morgan fingerprint density at radius 2 is 1.76 bits per heavy atom. The molecular formula is C30H30N4O4. The van der Waals surface area contributed by atoms with E-state index < -0.39 is 12.1 Å². The minimum absolute atomic E-state index is 0.122. The summed E-state index contributed by atoms with van der Waals surface area (Å²) < 4.78 is 5.43. The molecule has 0 fully saturated rings. The van der Waals surface area contributed by atoms with Crippen molar-refractivity contribution in [1.82, 2.24) is 9.88 Å². The van der Waals surface area contributed by atoms with Crippen LogP contribution in [0.3, 0.4) is 0 Å². The molecule has 0 spiro atoms. The van der Waals surface area contributed by atoms with Gasteiger partial charge in [-0.3, -0.25) is 14.9 Å². The molecule has 0 aliphatic carbocycles. The Hall–Kier alpha value is -4.59. The average Bonchev–Trinajstić information content (AvgIpc) is 2.88. The van der Waals surface area contributed by atoms with Crippen LogP contribution < -0.4 is 16.2 Å². The number of H-pyrrole nitrogens is 1. The predicted molar refractivity (Wildman–Crippen MR) is 148 cm³/mol. The maximum atomic E-state index is 13.9. The van der Waals surface area contributed by atoms with Gasteiger partial charge in [-0.1, -0.05) is 30.3 Å². The highest BCUT2D eigenvalue weighted by molar-refractivity contribution is 5.89. The smallest absolute Gasteiger partial charge is 0.411 e. The van der Waals surface area contributed by atoms with Gasteiger partial charge in [-0.05, 0) is 77.4 Å². The number of aromatic amines is 1. The molecule has 0 saturated heterocycles. The van der Waals surface area contributed by atoms with Gasteiger partial charge >= 0.3 is 6.09 Å². The maximum absolute atomic E-state index is 13.9. The van der Waals surface area contributed by atoms with Crippen LogP contribution in [0.15, 0.2) is 71.7 Å². The van der Waals surface area contributed by atoms with Gasteiger partial charge in [0.1, 0.15) is 6.04 Å². The fourth-order valence-electron chi connectivity index (χ4n) is 5.03. The van der Waals surface area contributed by atoms with E-state index in [9.17, 15) is 14.4 Å². The topological polar surface area (TPSA) is 104 Å². The summed E-state index contributed by atoms with van der Waals surface area (Å²) in [5.41, 5.74) is 5.88. The second kappa shape index (κ2) is 10.4. The third-order valence-corrected chi connectivity index (χ3v) is 6.94. The summed E-state index contributed by atoms with van der Waals surface area (Å²) in [5.74, 6) is -0.122. The van der Waals surface area contributed by atoms with Crippen molar-refractivity contribution in [1.29, 1.82) is 0 Å². The molecule has 0 radical (unpaired) electrons. The number of likely N-dealkylation sites (N-methyl/N-ethyl adjacent to an activating group) is 1. The van der Waals surface area contributed by atoms with E-state index in [4.69, 9.17) is 4.74 Å². The molecular weight excluding hydrogens is 480 g/mol. The average molecular weight is 511 g/mol. The van der Waals surface area contributed by atoms with Crippen LogP contribution in [0.25, 0.3) is 10.8 Å². The number of nitrogens with zero attached hydrogens (tertiary/aromatic N) is 1. The summed E-state index contributed by atoms with van der Waals surface area (Å²) in [4.78, 5) is 43.0. The molecule has 6 rings (SSSR count). The molecule has 2 aliphatic rings. The quantitative estimate of drug-likeness (QED) is 0.350. The van der Waals surface area contributed by atoms with Crippen LogP contribution in [0, 0.1) is 13.8 Å². The number of ether oxygens (including phenoxy) is 1. The first-order chi connectivity index (χ1) is 18.3. The summed E-state index contributed by atoms with van der Waals surface area (Å²) >= 11 is 0. The third kappa shape index (κ3) is 5.25. The molecule has 1 unspecified atom stereocenters. The number of nitrogens with one attached hydrogen (secondary N) is 3. The normalized spacial score (nSPS) is 16.3. The van der Waals surface area contributed by atoms with E-state index in [1.807, 2.05) is 62.4 Å². The predicted octanol–water partition coefficient (Wildman–Crippen LogP) is 5.06. The molecule has 0 saturated carbocycles. The van der Waals surface area contributed by atoms with E-state index in [1.54, 1.807) is 30.3 Å². The number of anilines is 2. The van der Waals surface area contributed by atoms with E-state index in [-0.39, 0.29) is 18.1 Å². The number of rotatable bonds is 2. The Morgan fingerprint density at radius 3 is 2.55 bits per heavy atom. The lowest BCUT2D eigenvalue weighted by Gasteiger charge is -2.27. The van der Waals surface area contributed by atoms with Gasteiger partial charge in [-0.2, -0.15) is 0 Å². The van der Waals surface area contributed by atoms with E-state index in [2.05, 4.69) is 15.6 Å². The number of aromatic nitrogens is 1. The van der Waals surface area contributed by atoms with Crippen molar-refractivity contribution in [3.8, 4) is 0 Å². The van der Waals surface area contributed by atoms with Crippen molar-refractivity contribution >= 4 is 34.1 Å². The summed E-state index contributed by atoms with van der Waals surface area (Å²) in [6, 6.07) is 18.1. The van der Waals surface area contributed by atoms with Gasteiger partial charge in [0.05, 0.1) is 6.61 Å². The summed E-state index contributed by atoms with van der Waals surface area (Å²) in [6.45, 7) is 4.58. The molecule has 8 heteroatoms. The van der Waals surface area contributed by atoms with Gasteiger partial charge in [-0.25, -0.2) is 4.79 Å². The second-order valence-corrected chi connectivity index (χ2v) is 9.73. The zero-order valence-corrected chi connectivity index (χ0v) is 21.6. The molecule has 3 aromatic carbocycles. The molecule has 4 bridgehead atoms. The van der Waals surface area contributed by atoms with E-state index in [0.717, 1.165) is 33.2 Å². The van der Waals surface area contributed by atoms with Gasteiger partial charge in [0.2, 0.25) is 5.91 Å². The number of carbonyl (C=O) groups excluding carboxylic acids is 2. The Kier molecular flexibility index (Phi) is 6.87. The molecule has 38 heavy (non-hydrogen) atoms. The lowest BCUT2D eigenvalue weighted by Crippen LogP contribution is -2.35. The number of hydrogen-bond donors (Lipinski definition) is 3. The molecule has 1 aromatic heterocycles. The number of hydrogen-bond acceptors (Lipinski definition) is 5.